The highest BCUT2D eigenvalue weighted by atomic mass is 35.5. The van der Waals surface area contributed by atoms with Crippen LogP contribution in [0.1, 0.15) is 32.6 Å². The maximum absolute atomic E-state index is 13.6. The Balaban J connectivity index is 2.50. The highest BCUT2D eigenvalue weighted by Crippen LogP contribution is 2.20. The first-order chi connectivity index (χ1) is 8.88. The van der Waals surface area contributed by atoms with Crippen LogP contribution in [0.15, 0.2) is 30.3 Å². The maximum atomic E-state index is 13.6. The standard InChI is InChI=1S/C16H14ClFO/c1-9-4-12(8-14(17)5-9)16(19)13-6-10(2)15(18)11(3)7-13/h4-8H,1-3H3. The fraction of sp³-hybridized carbons (Fsp3) is 0.188. The van der Waals surface area contributed by atoms with E-state index in [0.717, 1.165) is 5.56 Å². The van der Waals surface area contributed by atoms with Gasteiger partial charge in [0.25, 0.3) is 0 Å². The summed E-state index contributed by atoms with van der Waals surface area (Å²) in [6.45, 7) is 5.19. The third-order valence-corrected chi connectivity index (χ3v) is 3.22. The Morgan fingerprint density at radius 1 is 0.947 bits per heavy atom. The van der Waals surface area contributed by atoms with E-state index in [2.05, 4.69) is 0 Å². The van der Waals surface area contributed by atoms with Gasteiger partial charge in [-0.05, 0) is 67.8 Å². The largest absolute Gasteiger partial charge is 0.289 e. The fourth-order valence-electron chi connectivity index (χ4n) is 2.11. The molecule has 0 aliphatic rings. The van der Waals surface area contributed by atoms with Gasteiger partial charge in [0.1, 0.15) is 5.82 Å². The first kappa shape index (κ1) is 13.8. The zero-order valence-electron chi connectivity index (χ0n) is 11.1. The van der Waals surface area contributed by atoms with E-state index < -0.39 is 0 Å². The number of halogens is 2. The van der Waals surface area contributed by atoms with Crippen LogP contribution >= 0.6 is 11.6 Å². The van der Waals surface area contributed by atoms with E-state index in [1.807, 2.05) is 6.92 Å². The lowest BCUT2D eigenvalue weighted by molar-refractivity contribution is 0.103. The number of ketones is 1. The Morgan fingerprint density at radius 3 is 2.00 bits per heavy atom. The van der Waals surface area contributed by atoms with Crippen LogP contribution in [0.25, 0.3) is 0 Å². The lowest BCUT2D eigenvalue weighted by atomic mass is 9.98. The second-order valence-corrected chi connectivity index (χ2v) is 5.21. The van der Waals surface area contributed by atoms with Crippen LogP contribution in [0.2, 0.25) is 5.02 Å². The number of carbonyl (C=O) groups is 1. The molecule has 0 saturated carbocycles. The van der Waals surface area contributed by atoms with Gasteiger partial charge in [-0.3, -0.25) is 4.79 Å². The first-order valence-electron chi connectivity index (χ1n) is 5.97. The van der Waals surface area contributed by atoms with Gasteiger partial charge in [0.2, 0.25) is 0 Å². The molecule has 1 nitrogen and oxygen atoms in total. The number of benzene rings is 2. The van der Waals surface area contributed by atoms with E-state index in [4.69, 9.17) is 11.6 Å². The van der Waals surface area contributed by atoms with Gasteiger partial charge in [0.15, 0.2) is 5.78 Å². The maximum Gasteiger partial charge on any atom is 0.193 e. The van der Waals surface area contributed by atoms with Crippen LogP contribution in [0.4, 0.5) is 4.39 Å². The summed E-state index contributed by atoms with van der Waals surface area (Å²) in [4.78, 5) is 12.4. The molecule has 2 aromatic rings. The molecule has 2 rings (SSSR count). The molecule has 0 spiro atoms. The summed E-state index contributed by atoms with van der Waals surface area (Å²) in [6.07, 6.45) is 0. The molecular formula is C16H14ClFO. The lowest BCUT2D eigenvalue weighted by Crippen LogP contribution is -2.04. The normalized spacial score (nSPS) is 10.6. The van der Waals surface area contributed by atoms with Crippen LogP contribution in [0, 0.1) is 26.6 Å². The Labute approximate surface area is 117 Å². The molecule has 0 atom stereocenters. The number of rotatable bonds is 2. The van der Waals surface area contributed by atoms with E-state index in [0.29, 0.717) is 27.3 Å². The van der Waals surface area contributed by atoms with E-state index >= 15 is 0 Å². The third-order valence-electron chi connectivity index (χ3n) is 3.00. The summed E-state index contributed by atoms with van der Waals surface area (Å²) in [7, 11) is 0. The van der Waals surface area contributed by atoms with E-state index in [9.17, 15) is 9.18 Å². The van der Waals surface area contributed by atoms with Crippen molar-refractivity contribution in [2.75, 3.05) is 0 Å². The smallest absolute Gasteiger partial charge is 0.193 e. The highest BCUT2D eigenvalue weighted by Gasteiger charge is 2.13. The van der Waals surface area contributed by atoms with Crippen molar-refractivity contribution >= 4 is 17.4 Å². The summed E-state index contributed by atoms with van der Waals surface area (Å²) in [5.74, 6) is -0.407. The number of carbonyl (C=O) groups excluding carboxylic acids is 1. The van der Waals surface area contributed by atoms with Gasteiger partial charge in [-0.15, -0.1) is 0 Å². The van der Waals surface area contributed by atoms with Gasteiger partial charge < -0.3 is 0 Å². The lowest BCUT2D eigenvalue weighted by Gasteiger charge is -2.07. The van der Waals surface area contributed by atoms with E-state index in [-0.39, 0.29) is 11.6 Å². The Morgan fingerprint density at radius 2 is 1.47 bits per heavy atom. The minimum atomic E-state index is -0.265. The molecule has 0 heterocycles. The molecule has 0 unspecified atom stereocenters. The van der Waals surface area contributed by atoms with Crippen LogP contribution in [-0.2, 0) is 0 Å². The quantitative estimate of drug-likeness (QED) is 0.731. The second-order valence-electron chi connectivity index (χ2n) is 4.77. The number of aryl methyl sites for hydroxylation is 3. The molecule has 2 aromatic carbocycles. The van der Waals surface area contributed by atoms with Gasteiger partial charge >= 0.3 is 0 Å². The van der Waals surface area contributed by atoms with Gasteiger partial charge in [-0.2, -0.15) is 0 Å². The SMILES string of the molecule is Cc1cc(Cl)cc(C(=O)c2cc(C)c(F)c(C)c2)c1. The molecular weight excluding hydrogens is 263 g/mol. The Hall–Kier alpha value is -1.67. The minimum Gasteiger partial charge on any atom is -0.289 e. The van der Waals surface area contributed by atoms with E-state index in [1.54, 1.807) is 44.2 Å². The summed E-state index contributed by atoms with van der Waals surface area (Å²) in [5.41, 5.74) is 2.88. The van der Waals surface area contributed by atoms with Crippen LogP contribution in [-0.4, -0.2) is 5.78 Å². The van der Waals surface area contributed by atoms with Crippen molar-refractivity contribution in [1.29, 1.82) is 0 Å². The molecule has 0 fully saturated rings. The van der Waals surface area contributed by atoms with Crippen LogP contribution < -0.4 is 0 Å². The van der Waals surface area contributed by atoms with Crippen LogP contribution in [0.5, 0.6) is 0 Å². The molecule has 0 amide bonds. The zero-order chi connectivity index (χ0) is 14.2. The second kappa shape index (κ2) is 5.14. The molecule has 19 heavy (non-hydrogen) atoms. The molecule has 0 bridgehead atoms. The van der Waals surface area contributed by atoms with Crippen molar-refractivity contribution in [2.24, 2.45) is 0 Å². The van der Waals surface area contributed by atoms with Gasteiger partial charge in [0, 0.05) is 16.1 Å². The van der Waals surface area contributed by atoms with Gasteiger partial charge in [0.05, 0.1) is 0 Å². The first-order valence-corrected chi connectivity index (χ1v) is 6.35. The molecule has 0 aliphatic heterocycles. The summed E-state index contributed by atoms with van der Waals surface area (Å²) in [6, 6.07) is 8.34. The molecule has 0 aromatic heterocycles. The van der Waals surface area contributed by atoms with Crippen molar-refractivity contribution in [2.45, 2.75) is 20.8 Å². The van der Waals surface area contributed by atoms with Crippen molar-refractivity contribution in [1.82, 2.24) is 0 Å². The van der Waals surface area contributed by atoms with Crippen molar-refractivity contribution in [3.05, 3.63) is 69.0 Å². The molecule has 0 N–H and O–H groups in total. The third kappa shape index (κ3) is 2.85. The molecule has 0 saturated heterocycles. The number of hydrogen-bond donors (Lipinski definition) is 0. The summed E-state index contributed by atoms with van der Waals surface area (Å²) >= 11 is 5.96. The Kier molecular flexibility index (Phi) is 3.72. The topological polar surface area (TPSA) is 17.1 Å². The monoisotopic (exact) mass is 276 g/mol. The van der Waals surface area contributed by atoms with Crippen molar-refractivity contribution < 1.29 is 9.18 Å². The molecule has 3 heteroatoms. The summed E-state index contributed by atoms with van der Waals surface area (Å²) < 4.78 is 13.6. The van der Waals surface area contributed by atoms with Gasteiger partial charge in [-0.25, -0.2) is 4.39 Å². The molecule has 0 aliphatic carbocycles. The summed E-state index contributed by atoms with van der Waals surface area (Å²) in [5, 5.41) is 0.527. The Bertz CT molecular complexity index is 619. The molecule has 98 valence electrons. The van der Waals surface area contributed by atoms with E-state index in [1.165, 1.54) is 0 Å². The molecule has 0 radical (unpaired) electrons. The van der Waals surface area contributed by atoms with Gasteiger partial charge in [-0.1, -0.05) is 11.6 Å². The van der Waals surface area contributed by atoms with Crippen molar-refractivity contribution in [3.8, 4) is 0 Å². The average molecular weight is 277 g/mol. The van der Waals surface area contributed by atoms with Crippen molar-refractivity contribution in [3.63, 3.8) is 0 Å². The predicted octanol–water partition coefficient (Wildman–Crippen LogP) is 4.64. The predicted molar refractivity (Wildman–Crippen MR) is 75.5 cm³/mol. The fourth-order valence-corrected chi connectivity index (χ4v) is 2.40. The minimum absolute atomic E-state index is 0.142. The average Bonchev–Trinajstić information content (AvgIpc) is 2.33. The number of hydrogen-bond acceptors (Lipinski definition) is 1. The zero-order valence-corrected chi connectivity index (χ0v) is 11.8. The highest BCUT2D eigenvalue weighted by molar-refractivity contribution is 6.31. The van der Waals surface area contributed by atoms with Crippen LogP contribution in [0.3, 0.4) is 0 Å².